The molecule has 0 aliphatic rings. The lowest BCUT2D eigenvalue weighted by Gasteiger charge is -2.21. The molecular formula is C8H18Si. The van der Waals surface area contributed by atoms with Crippen molar-refractivity contribution < 1.29 is 0 Å². The van der Waals surface area contributed by atoms with Crippen LogP contribution < -0.4 is 0 Å². The van der Waals surface area contributed by atoms with Crippen LogP contribution in [0.5, 0.6) is 0 Å². The minimum Gasteiger partial charge on any atom is -0.103 e. The summed E-state index contributed by atoms with van der Waals surface area (Å²) in [6.45, 7) is 10.8. The Labute approximate surface area is 60.0 Å². The standard InChI is InChI=1S/C8H18Si/c1-5-8-9(4,6-2)7-3/h5H,1,6-8H2,2-4H3. The van der Waals surface area contributed by atoms with Gasteiger partial charge in [-0.15, -0.1) is 6.58 Å². The van der Waals surface area contributed by atoms with Crippen molar-refractivity contribution in [2.45, 2.75) is 38.5 Å². The molecule has 0 aromatic carbocycles. The Hall–Kier alpha value is -0.0431. The molecule has 0 fully saturated rings. The maximum absolute atomic E-state index is 3.78. The van der Waals surface area contributed by atoms with Crippen LogP contribution in [0.25, 0.3) is 0 Å². The Morgan fingerprint density at radius 1 is 1.33 bits per heavy atom. The first-order chi connectivity index (χ1) is 4.18. The molecule has 9 heavy (non-hydrogen) atoms. The molecule has 0 amide bonds. The Balaban J connectivity index is 3.75. The highest BCUT2D eigenvalue weighted by Crippen LogP contribution is 2.19. The van der Waals surface area contributed by atoms with E-state index in [0.717, 1.165) is 0 Å². The van der Waals surface area contributed by atoms with E-state index in [1.165, 1.54) is 18.1 Å². The minimum atomic E-state index is -0.815. The van der Waals surface area contributed by atoms with Gasteiger partial charge in [0.1, 0.15) is 0 Å². The fourth-order valence-corrected chi connectivity index (χ4v) is 2.66. The monoisotopic (exact) mass is 142 g/mol. The summed E-state index contributed by atoms with van der Waals surface area (Å²) in [6.07, 6.45) is 2.08. The highest BCUT2D eigenvalue weighted by molar-refractivity contribution is 6.78. The van der Waals surface area contributed by atoms with E-state index >= 15 is 0 Å². The highest BCUT2D eigenvalue weighted by Gasteiger charge is 2.19. The van der Waals surface area contributed by atoms with Crippen molar-refractivity contribution in [1.82, 2.24) is 0 Å². The van der Waals surface area contributed by atoms with Gasteiger partial charge in [-0.2, -0.15) is 0 Å². The molecule has 0 bridgehead atoms. The van der Waals surface area contributed by atoms with Gasteiger partial charge in [0.05, 0.1) is 8.07 Å². The smallest absolute Gasteiger partial charge is 0.0536 e. The largest absolute Gasteiger partial charge is 0.103 e. The Morgan fingerprint density at radius 2 is 1.78 bits per heavy atom. The van der Waals surface area contributed by atoms with Crippen molar-refractivity contribution in [2.75, 3.05) is 0 Å². The van der Waals surface area contributed by atoms with Crippen LogP contribution in [0.15, 0.2) is 12.7 Å². The third-order valence-corrected chi connectivity index (χ3v) is 7.03. The zero-order valence-corrected chi connectivity index (χ0v) is 7.91. The lowest BCUT2D eigenvalue weighted by Crippen LogP contribution is -2.25. The maximum Gasteiger partial charge on any atom is 0.0536 e. The van der Waals surface area contributed by atoms with E-state index in [9.17, 15) is 0 Å². The van der Waals surface area contributed by atoms with Gasteiger partial charge >= 0.3 is 0 Å². The molecule has 0 radical (unpaired) electrons. The summed E-state index contributed by atoms with van der Waals surface area (Å²) in [4.78, 5) is 0. The topological polar surface area (TPSA) is 0 Å². The Kier molecular flexibility index (Phi) is 3.87. The Morgan fingerprint density at radius 3 is 1.89 bits per heavy atom. The first-order valence-corrected chi connectivity index (χ1v) is 6.91. The van der Waals surface area contributed by atoms with Crippen molar-refractivity contribution in [3.8, 4) is 0 Å². The highest BCUT2D eigenvalue weighted by atomic mass is 28.3. The van der Waals surface area contributed by atoms with Crippen molar-refractivity contribution in [2.24, 2.45) is 0 Å². The number of hydrogen-bond acceptors (Lipinski definition) is 0. The zero-order chi connectivity index (χ0) is 7.33. The van der Waals surface area contributed by atoms with Gasteiger partial charge in [0.15, 0.2) is 0 Å². The van der Waals surface area contributed by atoms with E-state index in [1.54, 1.807) is 0 Å². The van der Waals surface area contributed by atoms with Crippen molar-refractivity contribution in [1.29, 1.82) is 0 Å². The quantitative estimate of drug-likeness (QED) is 0.417. The minimum absolute atomic E-state index is 0.815. The van der Waals surface area contributed by atoms with Crippen LogP contribution in [-0.2, 0) is 0 Å². The lowest BCUT2D eigenvalue weighted by atomic mass is 10.8. The average Bonchev–Trinajstić information content (AvgIpc) is 1.89. The number of hydrogen-bond donors (Lipinski definition) is 0. The molecule has 0 heterocycles. The van der Waals surface area contributed by atoms with Crippen LogP contribution >= 0.6 is 0 Å². The van der Waals surface area contributed by atoms with E-state index in [1.807, 2.05) is 0 Å². The van der Waals surface area contributed by atoms with E-state index < -0.39 is 8.07 Å². The Bertz CT molecular complexity index is 82.6. The second-order valence-electron chi connectivity index (χ2n) is 3.01. The van der Waals surface area contributed by atoms with Crippen LogP contribution in [0.3, 0.4) is 0 Å². The maximum atomic E-state index is 3.78. The van der Waals surface area contributed by atoms with Gasteiger partial charge in [-0.3, -0.25) is 0 Å². The molecule has 0 aliphatic carbocycles. The summed E-state index contributed by atoms with van der Waals surface area (Å²) in [5.74, 6) is 0. The second kappa shape index (κ2) is 3.88. The van der Waals surface area contributed by atoms with Crippen LogP contribution in [0.2, 0.25) is 24.7 Å². The van der Waals surface area contributed by atoms with Gasteiger partial charge in [0, 0.05) is 0 Å². The third kappa shape index (κ3) is 2.85. The molecule has 0 aromatic heterocycles. The van der Waals surface area contributed by atoms with E-state index in [2.05, 4.69) is 33.0 Å². The molecule has 0 aromatic rings. The van der Waals surface area contributed by atoms with Gasteiger partial charge in [0.2, 0.25) is 0 Å². The number of rotatable bonds is 4. The summed E-state index contributed by atoms with van der Waals surface area (Å²) in [7, 11) is -0.815. The first kappa shape index (κ1) is 8.96. The fourth-order valence-electron chi connectivity index (χ4n) is 0.887. The van der Waals surface area contributed by atoms with E-state index in [4.69, 9.17) is 0 Å². The predicted octanol–water partition coefficient (Wildman–Crippen LogP) is 3.29. The molecule has 0 rings (SSSR count). The molecule has 0 saturated heterocycles. The zero-order valence-electron chi connectivity index (χ0n) is 6.91. The van der Waals surface area contributed by atoms with Crippen molar-refractivity contribution in [3.05, 3.63) is 12.7 Å². The van der Waals surface area contributed by atoms with Gasteiger partial charge < -0.3 is 0 Å². The molecule has 1 heteroatoms. The van der Waals surface area contributed by atoms with Gasteiger partial charge in [-0.05, 0) is 6.04 Å². The van der Waals surface area contributed by atoms with Gasteiger partial charge in [0.25, 0.3) is 0 Å². The first-order valence-electron chi connectivity index (χ1n) is 3.79. The second-order valence-corrected chi connectivity index (χ2v) is 8.45. The SMILES string of the molecule is C=CC[Si](C)(CC)CC. The molecule has 0 nitrogen and oxygen atoms in total. The summed E-state index contributed by atoms with van der Waals surface area (Å²) < 4.78 is 0. The average molecular weight is 142 g/mol. The van der Waals surface area contributed by atoms with E-state index in [-0.39, 0.29) is 0 Å². The molecule has 0 saturated carbocycles. The normalized spacial score (nSPS) is 11.4. The van der Waals surface area contributed by atoms with Crippen molar-refractivity contribution >= 4 is 8.07 Å². The lowest BCUT2D eigenvalue weighted by molar-refractivity contribution is 1.22. The van der Waals surface area contributed by atoms with Crippen LogP contribution in [-0.4, -0.2) is 8.07 Å². The number of allylic oxidation sites excluding steroid dienone is 1. The molecule has 54 valence electrons. The van der Waals surface area contributed by atoms with Crippen LogP contribution in [0.4, 0.5) is 0 Å². The molecule has 0 spiro atoms. The molecular weight excluding hydrogens is 124 g/mol. The summed E-state index contributed by atoms with van der Waals surface area (Å²) in [5, 5.41) is 0. The summed E-state index contributed by atoms with van der Waals surface area (Å²) >= 11 is 0. The molecule has 0 aliphatic heterocycles. The van der Waals surface area contributed by atoms with Gasteiger partial charge in [-0.1, -0.05) is 38.6 Å². The van der Waals surface area contributed by atoms with Crippen molar-refractivity contribution in [3.63, 3.8) is 0 Å². The summed E-state index contributed by atoms with van der Waals surface area (Å²) in [6, 6.07) is 4.09. The van der Waals surface area contributed by atoms with Gasteiger partial charge in [-0.25, -0.2) is 0 Å². The molecule has 0 N–H and O–H groups in total. The van der Waals surface area contributed by atoms with Crippen LogP contribution in [0, 0.1) is 0 Å². The summed E-state index contributed by atoms with van der Waals surface area (Å²) in [5.41, 5.74) is 0. The fraction of sp³-hybridized carbons (Fsp3) is 0.750. The third-order valence-electron chi connectivity index (χ3n) is 2.34. The molecule has 0 atom stereocenters. The van der Waals surface area contributed by atoms with Crippen LogP contribution in [0.1, 0.15) is 13.8 Å². The van der Waals surface area contributed by atoms with E-state index in [0.29, 0.717) is 0 Å². The molecule has 0 unspecified atom stereocenters. The predicted molar refractivity (Wildman–Crippen MR) is 47.6 cm³/mol.